The maximum absolute atomic E-state index is 11.2. The second-order valence-electron chi connectivity index (χ2n) is 6.50. The number of amides is 1. The van der Waals surface area contributed by atoms with Crippen LogP contribution in [-0.2, 0) is 17.8 Å². The summed E-state index contributed by atoms with van der Waals surface area (Å²) in [6.45, 7) is 8.07. The first kappa shape index (κ1) is 16.0. The number of benzene rings is 1. The Balaban J connectivity index is 1.85. The fourth-order valence-electron chi connectivity index (χ4n) is 2.86. The first-order valence-corrected chi connectivity index (χ1v) is 7.84. The van der Waals surface area contributed by atoms with E-state index < -0.39 is 0 Å². The first-order valence-electron chi connectivity index (χ1n) is 7.84. The van der Waals surface area contributed by atoms with E-state index in [-0.39, 0.29) is 5.91 Å². The Labute approximate surface area is 127 Å². The summed E-state index contributed by atoms with van der Waals surface area (Å²) in [7, 11) is 0. The lowest BCUT2D eigenvalue weighted by Crippen LogP contribution is -2.37. The van der Waals surface area contributed by atoms with Crippen molar-refractivity contribution in [1.82, 2.24) is 10.3 Å². The molecule has 0 saturated carbocycles. The number of nitrogens with two attached hydrogens (primary N) is 1. The topological polar surface area (TPSA) is 58.4 Å². The summed E-state index contributed by atoms with van der Waals surface area (Å²) >= 11 is 0. The smallest absolute Gasteiger partial charge is 0.238 e. The van der Waals surface area contributed by atoms with Crippen LogP contribution >= 0.6 is 0 Å². The van der Waals surface area contributed by atoms with Gasteiger partial charge in [-0.15, -0.1) is 0 Å². The molecule has 1 heterocycles. The van der Waals surface area contributed by atoms with Crippen molar-refractivity contribution in [3.63, 3.8) is 0 Å². The highest BCUT2D eigenvalue weighted by atomic mass is 16.2. The maximum Gasteiger partial charge on any atom is 0.238 e. The largest absolute Gasteiger partial charge is 0.299 e. The molecule has 0 unspecified atom stereocenters. The molecule has 0 aromatic heterocycles. The number of carbonyl (C=O) groups is 1. The van der Waals surface area contributed by atoms with Crippen molar-refractivity contribution >= 4 is 5.91 Å². The average Bonchev–Trinajstić information content (AvgIpc) is 2.51. The Morgan fingerprint density at radius 3 is 2.33 bits per heavy atom. The van der Waals surface area contributed by atoms with Gasteiger partial charge in [-0.2, -0.15) is 0 Å². The van der Waals surface area contributed by atoms with Gasteiger partial charge in [0.1, 0.15) is 0 Å². The molecule has 4 heteroatoms. The molecule has 3 N–H and O–H groups in total. The van der Waals surface area contributed by atoms with E-state index in [0.717, 1.165) is 12.1 Å². The van der Waals surface area contributed by atoms with Crippen LogP contribution < -0.4 is 11.3 Å². The Kier molecular flexibility index (Phi) is 5.37. The van der Waals surface area contributed by atoms with Crippen LogP contribution in [-0.4, -0.2) is 23.9 Å². The van der Waals surface area contributed by atoms with Crippen molar-refractivity contribution in [3.8, 4) is 0 Å². The predicted molar refractivity (Wildman–Crippen MR) is 85.4 cm³/mol. The van der Waals surface area contributed by atoms with Crippen LogP contribution in [0, 0.1) is 5.41 Å². The Hall–Kier alpha value is -1.39. The molecule has 1 aromatic rings. The summed E-state index contributed by atoms with van der Waals surface area (Å²) in [5.74, 6) is 4.95. The number of hydrazine groups is 1. The fourth-order valence-corrected chi connectivity index (χ4v) is 2.86. The molecule has 21 heavy (non-hydrogen) atoms. The zero-order valence-electron chi connectivity index (χ0n) is 13.2. The number of piperidine rings is 1. The number of nitrogens with zero attached hydrogens (tertiary/aromatic N) is 1. The molecular weight excluding hydrogens is 262 g/mol. The molecule has 0 radical (unpaired) electrons. The standard InChI is InChI=1S/C17H27N3O/c1-3-17(2)8-10-20(11-9-17)13-15-6-4-14(5-7-15)12-16(21)19-18/h4-7H,3,8-13,18H2,1-2H3,(H,19,21). The summed E-state index contributed by atoms with van der Waals surface area (Å²) in [4.78, 5) is 13.8. The lowest BCUT2D eigenvalue weighted by molar-refractivity contribution is -0.120. The van der Waals surface area contributed by atoms with Crippen LogP contribution in [0.4, 0.5) is 0 Å². The van der Waals surface area contributed by atoms with Crippen molar-refractivity contribution < 1.29 is 4.79 Å². The summed E-state index contributed by atoms with van der Waals surface area (Å²) in [5, 5.41) is 0. The number of nitrogens with one attached hydrogen (secondary N) is 1. The maximum atomic E-state index is 11.2. The Morgan fingerprint density at radius 2 is 1.81 bits per heavy atom. The Morgan fingerprint density at radius 1 is 1.24 bits per heavy atom. The van der Waals surface area contributed by atoms with Gasteiger partial charge in [-0.05, 0) is 42.5 Å². The van der Waals surface area contributed by atoms with Crippen molar-refractivity contribution in [2.75, 3.05) is 13.1 Å². The lowest BCUT2D eigenvalue weighted by atomic mass is 9.78. The lowest BCUT2D eigenvalue weighted by Gasteiger charge is -2.39. The molecule has 1 amide bonds. The van der Waals surface area contributed by atoms with Crippen LogP contribution in [0.25, 0.3) is 0 Å². The van der Waals surface area contributed by atoms with E-state index >= 15 is 0 Å². The quantitative estimate of drug-likeness (QED) is 0.496. The van der Waals surface area contributed by atoms with E-state index in [1.807, 2.05) is 12.1 Å². The fraction of sp³-hybridized carbons (Fsp3) is 0.588. The average molecular weight is 289 g/mol. The van der Waals surface area contributed by atoms with Crippen molar-refractivity contribution in [3.05, 3.63) is 35.4 Å². The van der Waals surface area contributed by atoms with Crippen molar-refractivity contribution in [2.45, 2.75) is 46.1 Å². The summed E-state index contributed by atoms with van der Waals surface area (Å²) in [6, 6.07) is 8.27. The molecular formula is C17H27N3O. The van der Waals surface area contributed by atoms with Crippen molar-refractivity contribution in [1.29, 1.82) is 0 Å². The minimum absolute atomic E-state index is 0.155. The summed E-state index contributed by atoms with van der Waals surface area (Å²) in [6.07, 6.45) is 4.20. The molecule has 4 nitrogen and oxygen atoms in total. The van der Waals surface area contributed by atoms with Gasteiger partial charge in [-0.3, -0.25) is 15.1 Å². The van der Waals surface area contributed by atoms with Gasteiger partial charge in [-0.1, -0.05) is 44.5 Å². The first-order chi connectivity index (χ1) is 10.0. The monoisotopic (exact) mass is 289 g/mol. The number of likely N-dealkylation sites (tertiary alicyclic amines) is 1. The summed E-state index contributed by atoms with van der Waals surface area (Å²) < 4.78 is 0. The van der Waals surface area contributed by atoms with Gasteiger partial charge in [0.15, 0.2) is 0 Å². The zero-order valence-corrected chi connectivity index (χ0v) is 13.2. The third kappa shape index (κ3) is 4.55. The second-order valence-corrected chi connectivity index (χ2v) is 6.50. The van der Waals surface area contributed by atoms with E-state index in [4.69, 9.17) is 5.84 Å². The minimum atomic E-state index is -0.155. The highest BCUT2D eigenvalue weighted by molar-refractivity contribution is 5.77. The molecule has 1 aliphatic rings. The van der Waals surface area contributed by atoms with E-state index in [1.54, 1.807) is 0 Å². The number of carbonyl (C=O) groups excluding carboxylic acids is 1. The molecule has 116 valence electrons. The molecule has 2 rings (SSSR count). The molecule has 0 spiro atoms. The molecule has 1 aromatic carbocycles. The number of hydrogen-bond donors (Lipinski definition) is 2. The third-order valence-corrected chi connectivity index (χ3v) is 4.87. The molecule has 1 aliphatic heterocycles. The normalized spacial score (nSPS) is 18.4. The van der Waals surface area contributed by atoms with Crippen LogP contribution in [0.5, 0.6) is 0 Å². The SMILES string of the molecule is CCC1(C)CCN(Cc2ccc(CC(=O)NN)cc2)CC1. The Bertz CT molecular complexity index is 461. The summed E-state index contributed by atoms with van der Waals surface area (Å²) in [5.41, 5.74) is 5.01. The van der Waals surface area contributed by atoms with Crippen molar-refractivity contribution in [2.24, 2.45) is 11.3 Å². The van der Waals surface area contributed by atoms with Gasteiger partial charge < -0.3 is 0 Å². The van der Waals surface area contributed by atoms with Gasteiger partial charge in [0, 0.05) is 6.54 Å². The highest BCUT2D eigenvalue weighted by Crippen LogP contribution is 2.34. The van der Waals surface area contributed by atoms with Gasteiger partial charge in [0.25, 0.3) is 0 Å². The van der Waals surface area contributed by atoms with Crippen LogP contribution in [0.15, 0.2) is 24.3 Å². The predicted octanol–water partition coefficient (Wildman–Crippen LogP) is 2.23. The zero-order chi connectivity index (χ0) is 15.3. The van der Waals surface area contributed by atoms with Crippen LogP contribution in [0.2, 0.25) is 0 Å². The van der Waals surface area contributed by atoms with E-state index in [0.29, 0.717) is 11.8 Å². The second kappa shape index (κ2) is 7.05. The minimum Gasteiger partial charge on any atom is -0.299 e. The van der Waals surface area contributed by atoms with Gasteiger partial charge in [-0.25, -0.2) is 5.84 Å². The molecule has 0 atom stereocenters. The molecule has 1 saturated heterocycles. The van der Waals surface area contributed by atoms with E-state index in [9.17, 15) is 4.79 Å². The van der Waals surface area contributed by atoms with Gasteiger partial charge in [0.05, 0.1) is 6.42 Å². The number of hydrogen-bond acceptors (Lipinski definition) is 3. The highest BCUT2D eigenvalue weighted by Gasteiger charge is 2.27. The molecule has 1 fully saturated rings. The molecule has 0 aliphatic carbocycles. The van der Waals surface area contributed by atoms with E-state index in [2.05, 4.69) is 36.3 Å². The van der Waals surface area contributed by atoms with E-state index in [1.165, 1.54) is 37.9 Å². The van der Waals surface area contributed by atoms with Gasteiger partial charge >= 0.3 is 0 Å². The van der Waals surface area contributed by atoms with Crippen LogP contribution in [0.1, 0.15) is 44.2 Å². The third-order valence-electron chi connectivity index (χ3n) is 4.87. The number of rotatable bonds is 5. The molecule has 0 bridgehead atoms. The van der Waals surface area contributed by atoms with Crippen LogP contribution in [0.3, 0.4) is 0 Å². The van der Waals surface area contributed by atoms with Gasteiger partial charge in [0.2, 0.25) is 5.91 Å².